The summed E-state index contributed by atoms with van der Waals surface area (Å²) < 4.78 is 10.9. The second-order valence-electron chi connectivity index (χ2n) is 5.59. The van der Waals surface area contributed by atoms with Crippen LogP contribution in [0.2, 0.25) is 0 Å². The highest BCUT2D eigenvalue weighted by Gasteiger charge is 2.06. The van der Waals surface area contributed by atoms with Crippen LogP contribution < -0.4 is 15.8 Å². The summed E-state index contributed by atoms with van der Waals surface area (Å²) in [6.07, 6.45) is 3.80. The molecule has 2 rings (SSSR count). The minimum atomic E-state index is 0.340. The smallest absolute Gasteiger partial charge is 0.218 e. The predicted molar refractivity (Wildman–Crippen MR) is 101 cm³/mol. The lowest BCUT2D eigenvalue weighted by molar-refractivity contribution is 0.185. The van der Waals surface area contributed by atoms with E-state index in [0.717, 1.165) is 29.7 Å². The van der Waals surface area contributed by atoms with Gasteiger partial charge in [-0.25, -0.2) is 9.98 Å². The minimum Gasteiger partial charge on any atom is -0.477 e. The maximum absolute atomic E-state index is 6.03. The third kappa shape index (κ3) is 6.08. The Balaban J connectivity index is 2.02. The number of anilines is 1. The number of aliphatic imine (C=N–C) groups is 1. The Hall–Kier alpha value is -2.60. The summed E-state index contributed by atoms with van der Waals surface area (Å²) >= 11 is 0. The molecule has 0 aliphatic carbocycles. The monoisotopic (exact) mass is 342 g/mol. The van der Waals surface area contributed by atoms with Crippen molar-refractivity contribution in [3.8, 4) is 5.88 Å². The van der Waals surface area contributed by atoms with E-state index in [4.69, 9.17) is 15.2 Å². The van der Waals surface area contributed by atoms with Gasteiger partial charge in [0.1, 0.15) is 0 Å². The summed E-state index contributed by atoms with van der Waals surface area (Å²) in [6.45, 7) is 3.69. The van der Waals surface area contributed by atoms with Crippen molar-refractivity contribution in [2.75, 3.05) is 19.0 Å². The van der Waals surface area contributed by atoms with E-state index in [1.807, 2.05) is 36.4 Å². The molecule has 6 heteroatoms. The first-order chi connectivity index (χ1) is 12.2. The van der Waals surface area contributed by atoms with E-state index in [1.165, 1.54) is 0 Å². The van der Waals surface area contributed by atoms with Gasteiger partial charge in [0, 0.05) is 30.1 Å². The number of ether oxygens (including phenoxy) is 2. The zero-order chi connectivity index (χ0) is 17.9. The fraction of sp³-hybridized carbons (Fsp3) is 0.368. The Morgan fingerprint density at radius 2 is 2.00 bits per heavy atom. The molecule has 0 spiro atoms. The van der Waals surface area contributed by atoms with Crippen molar-refractivity contribution in [3.63, 3.8) is 0 Å². The van der Waals surface area contributed by atoms with Crippen molar-refractivity contribution in [2.24, 2.45) is 10.7 Å². The summed E-state index contributed by atoms with van der Waals surface area (Å²) in [7, 11) is 1.66. The van der Waals surface area contributed by atoms with Crippen molar-refractivity contribution in [1.82, 2.24) is 4.98 Å². The van der Waals surface area contributed by atoms with Gasteiger partial charge in [-0.05, 0) is 18.6 Å². The van der Waals surface area contributed by atoms with E-state index in [9.17, 15) is 0 Å². The molecule has 0 saturated heterocycles. The second kappa shape index (κ2) is 10.3. The Labute approximate surface area is 149 Å². The topological polar surface area (TPSA) is 81.8 Å². The largest absolute Gasteiger partial charge is 0.477 e. The van der Waals surface area contributed by atoms with Crippen LogP contribution in [0.4, 0.5) is 5.69 Å². The zero-order valence-electron chi connectivity index (χ0n) is 14.9. The lowest BCUT2D eigenvalue weighted by Crippen LogP contribution is -2.23. The molecule has 0 saturated carbocycles. The lowest BCUT2D eigenvalue weighted by Gasteiger charge is -2.11. The van der Waals surface area contributed by atoms with Gasteiger partial charge < -0.3 is 20.5 Å². The van der Waals surface area contributed by atoms with Gasteiger partial charge in [-0.2, -0.15) is 0 Å². The number of benzene rings is 1. The van der Waals surface area contributed by atoms with Gasteiger partial charge in [0.2, 0.25) is 5.88 Å². The molecule has 1 aromatic heterocycles. The van der Waals surface area contributed by atoms with Crippen LogP contribution in [0.15, 0.2) is 47.6 Å². The van der Waals surface area contributed by atoms with Crippen LogP contribution in [-0.2, 0) is 17.9 Å². The Morgan fingerprint density at radius 1 is 1.20 bits per heavy atom. The molecule has 0 atom stereocenters. The molecule has 0 bridgehead atoms. The van der Waals surface area contributed by atoms with Gasteiger partial charge in [0.05, 0.1) is 19.8 Å². The van der Waals surface area contributed by atoms with Crippen LogP contribution in [0, 0.1) is 0 Å². The number of guanidine groups is 1. The van der Waals surface area contributed by atoms with Crippen LogP contribution in [0.5, 0.6) is 5.88 Å². The first-order valence-corrected chi connectivity index (χ1v) is 8.45. The standard InChI is InChI=1S/C19H26N4O2/c1-3-4-12-25-18-15(9-7-11-21-18)13-22-19(20)23-17-10-6-5-8-16(17)14-24-2/h5-11H,3-4,12-14H2,1-2H3,(H3,20,22,23). The molecule has 1 heterocycles. The van der Waals surface area contributed by atoms with E-state index in [2.05, 4.69) is 22.2 Å². The fourth-order valence-corrected chi connectivity index (χ4v) is 2.26. The van der Waals surface area contributed by atoms with Gasteiger partial charge in [-0.15, -0.1) is 0 Å². The van der Waals surface area contributed by atoms with E-state index >= 15 is 0 Å². The molecule has 0 aliphatic rings. The van der Waals surface area contributed by atoms with Crippen LogP contribution in [-0.4, -0.2) is 24.7 Å². The van der Waals surface area contributed by atoms with E-state index in [0.29, 0.717) is 31.6 Å². The molecule has 2 aromatic rings. The highest BCUT2D eigenvalue weighted by Crippen LogP contribution is 2.17. The number of nitrogens with one attached hydrogen (secondary N) is 1. The van der Waals surface area contributed by atoms with Crippen LogP contribution in [0.3, 0.4) is 0 Å². The number of nitrogens with zero attached hydrogens (tertiary/aromatic N) is 2. The summed E-state index contributed by atoms with van der Waals surface area (Å²) in [5.41, 5.74) is 8.84. The molecule has 0 unspecified atom stereocenters. The Kier molecular flexibility index (Phi) is 7.72. The zero-order valence-corrected chi connectivity index (χ0v) is 14.9. The van der Waals surface area contributed by atoms with Crippen LogP contribution in [0.1, 0.15) is 30.9 Å². The van der Waals surface area contributed by atoms with Gasteiger partial charge in [0.25, 0.3) is 0 Å². The highest BCUT2D eigenvalue weighted by atomic mass is 16.5. The molecule has 134 valence electrons. The molecule has 6 nitrogen and oxygen atoms in total. The maximum Gasteiger partial charge on any atom is 0.218 e. The molecular weight excluding hydrogens is 316 g/mol. The highest BCUT2D eigenvalue weighted by molar-refractivity contribution is 5.92. The number of hydrogen-bond acceptors (Lipinski definition) is 4. The first kappa shape index (κ1) is 18.7. The van der Waals surface area contributed by atoms with Gasteiger partial charge in [0.15, 0.2) is 5.96 Å². The maximum atomic E-state index is 6.03. The van der Waals surface area contributed by atoms with E-state index in [-0.39, 0.29) is 0 Å². The molecule has 25 heavy (non-hydrogen) atoms. The second-order valence-corrected chi connectivity index (χ2v) is 5.59. The van der Waals surface area contributed by atoms with Crippen LogP contribution in [0.25, 0.3) is 0 Å². The summed E-state index contributed by atoms with van der Waals surface area (Å²) in [5, 5.41) is 3.12. The van der Waals surface area contributed by atoms with Crippen molar-refractivity contribution < 1.29 is 9.47 Å². The van der Waals surface area contributed by atoms with Gasteiger partial charge in [-0.3, -0.25) is 0 Å². The third-order valence-electron chi connectivity index (χ3n) is 3.59. The molecule has 0 aliphatic heterocycles. The molecule has 0 fully saturated rings. The summed E-state index contributed by atoms with van der Waals surface area (Å²) in [5.74, 6) is 0.958. The van der Waals surface area contributed by atoms with Crippen molar-refractivity contribution in [3.05, 3.63) is 53.7 Å². The Morgan fingerprint density at radius 3 is 2.80 bits per heavy atom. The average molecular weight is 342 g/mol. The predicted octanol–water partition coefficient (Wildman–Crippen LogP) is 3.33. The Bertz CT molecular complexity index is 689. The molecular formula is C19H26N4O2. The summed E-state index contributed by atoms with van der Waals surface area (Å²) in [6, 6.07) is 11.6. The number of pyridine rings is 1. The first-order valence-electron chi connectivity index (χ1n) is 8.45. The number of nitrogens with two attached hydrogens (primary N) is 1. The van der Waals surface area contributed by atoms with Gasteiger partial charge >= 0.3 is 0 Å². The fourth-order valence-electron chi connectivity index (χ4n) is 2.26. The molecule has 0 radical (unpaired) electrons. The SMILES string of the molecule is CCCCOc1ncccc1CN=C(N)Nc1ccccc1COC. The molecule has 0 amide bonds. The number of aromatic nitrogens is 1. The quantitative estimate of drug-likeness (QED) is 0.415. The number of hydrogen-bond donors (Lipinski definition) is 2. The normalized spacial score (nSPS) is 11.4. The van der Waals surface area contributed by atoms with Crippen molar-refractivity contribution in [1.29, 1.82) is 0 Å². The number of unbranched alkanes of at least 4 members (excludes halogenated alkanes) is 1. The van der Waals surface area contributed by atoms with Gasteiger partial charge in [-0.1, -0.05) is 37.6 Å². The summed E-state index contributed by atoms with van der Waals surface area (Å²) in [4.78, 5) is 8.68. The number of rotatable bonds is 9. The van der Waals surface area contributed by atoms with Crippen LogP contribution >= 0.6 is 0 Å². The minimum absolute atomic E-state index is 0.340. The van der Waals surface area contributed by atoms with E-state index in [1.54, 1.807) is 13.3 Å². The molecule has 1 aromatic carbocycles. The van der Waals surface area contributed by atoms with E-state index < -0.39 is 0 Å². The third-order valence-corrected chi connectivity index (χ3v) is 3.59. The number of methoxy groups -OCH3 is 1. The average Bonchev–Trinajstić information content (AvgIpc) is 2.63. The van der Waals surface area contributed by atoms with Crippen molar-refractivity contribution >= 4 is 11.6 Å². The lowest BCUT2D eigenvalue weighted by atomic mass is 10.2. The molecule has 3 N–H and O–H groups in total. The number of para-hydroxylation sites is 1. The van der Waals surface area contributed by atoms with Crippen molar-refractivity contribution in [2.45, 2.75) is 32.9 Å².